The number of hydrogen-bond acceptors (Lipinski definition) is 4. The number of aromatic hydroxyl groups is 1. The Morgan fingerprint density at radius 1 is 0.868 bits per heavy atom. The second kappa shape index (κ2) is 11.1. The Balaban J connectivity index is 1.28. The summed E-state index contributed by atoms with van der Waals surface area (Å²) in [5.74, 6) is -1.41. The van der Waals surface area contributed by atoms with Gasteiger partial charge in [-0.05, 0) is 67.4 Å². The predicted octanol–water partition coefficient (Wildman–Crippen LogP) is 6.28. The number of alkyl carbamates (subject to hydrolysis) is 1. The number of hydrogen-bond donors (Lipinski definition) is 3. The van der Waals surface area contributed by atoms with Gasteiger partial charge in [0.1, 0.15) is 18.4 Å². The number of phenols is 1. The van der Waals surface area contributed by atoms with E-state index < -0.39 is 18.1 Å². The van der Waals surface area contributed by atoms with Gasteiger partial charge in [0, 0.05) is 12.3 Å². The summed E-state index contributed by atoms with van der Waals surface area (Å²) in [6.45, 7) is 0.0789. The van der Waals surface area contributed by atoms with Gasteiger partial charge in [0.25, 0.3) is 0 Å². The van der Waals surface area contributed by atoms with Crippen LogP contribution in [-0.2, 0) is 22.4 Å². The average molecular weight is 572 g/mol. The second-order valence-corrected chi connectivity index (χ2v) is 10.2. The van der Waals surface area contributed by atoms with Crippen molar-refractivity contribution < 1.29 is 24.5 Å². The van der Waals surface area contributed by atoms with E-state index in [1.807, 2.05) is 78.9 Å². The van der Waals surface area contributed by atoms with Crippen LogP contribution >= 0.6 is 15.9 Å². The molecule has 0 radical (unpaired) electrons. The lowest BCUT2D eigenvalue weighted by Crippen LogP contribution is -2.43. The van der Waals surface area contributed by atoms with Crippen LogP contribution in [0.1, 0.15) is 33.7 Å². The minimum atomic E-state index is -1.28. The van der Waals surface area contributed by atoms with Gasteiger partial charge in [-0.15, -0.1) is 0 Å². The third-order valence-electron chi connectivity index (χ3n) is 6.81. The molecule has 0 fully saturated rings. The number of carbonyl (C=O) groups excluding carboxylic acids is 1. The maximum absolute atomic E-state index is 12.7. The largest absolute Gasteiger partial charge is 0.506 e. The molecule has 5 rings (SSSR count). The molecule has 1 aliphatic carbocycles. The number of aliphatic carboxylic acids is 1. The van der Waals surface area contributed by atoms with Crippen LogP contribution in [0.2, 0.25) is 0 Å². The molecule has 192 valence electrons. The molecule has 3 N–H and O–H groups in total. The molecule has 0 aliphatic heterocycles. The number of ether oxygens (including phenoxy) is 1. The summed E-state index contributed by atoms with van der Waals surface area (Å²) in [7, 11) is 0. The van der Waals surface area contributed by atoms with Gasteiger partial charge in [0.2, 0.25) is 0 Å². The fraction of sp³-hybridized carbons (Fsp3) is 0.161. The number of halogens is 1. The third-order valence-corrected chi connectivity index (χ3v) is 7.42. The molecule has 4 aromatic carbocycles. The molecule has 38 heavy (non-hydrogen) atoms. The van der Waals surface area contributed by atoms with Crippen molar-refractivity contribution in [2.24, 2.45) is 0 Å². The van der Waals surface area contributed by atoms with Gasteiger partial charge in [0.05, 0.1) is 4.47 Å². The number of fused-ring (bicyclic) bond motifs is 3. The number of carboxylic acid groups (broad SMARTS) is 1. The number of rotatable bonds is 8. The second-order valence-electron chi connectivity index (χ2n) is 9.31. The fourth-order valence-corrected chi connectivity index (χ4v) is 5.56. The van der Waals surface area contributed by atoms with Crippen molar-refractivity contribution in [2.45, 2.75) is 24.8 Å². The number of carbonyl (C=O) groups is 2. The zero-order valence-corrected chi connectivity index (χ0v) is 22.0. The molecule has 1 aliphatic rings. The number of benzene rings is 4. The van der Waals surface area contributed by atoms with E-state index in [0.29, 0.717) is 16.5 Å². The molecule has 1 atom stereocenters. The maximum atomic E-state index is 12.7. The van der Waals surface area contributed by atoms with Gasteiger partial charge >= 0.3 is 12.1 Å². The summed E-state index contributed by atoms with van der Waals surface area (Å²) in [5, 5.41) is 22.9. The van der Waals surface area contributed by atoms with Crippen molar-refractivity contribution in [1.82, 2.24) is 5.32 Å². The lowest BCUT2D eigenvalue weighted by atomic mass is 9.98. The Labute approximate surface area is 229 Å². The molecule has 0 aromatic heterocycles. The topological polar surface area (TPSA) is 95.9 Å². The van der Waals surface area contributed by atoms with E-state index in [-0.39, 0.29) is 24.7 Å². The molecular formula is C31H26BrNO5. The zero-order chi connectivity index (χ0) is 26.6. The van der Waals surface area contributed by atoms with Crippen LogP contribution in [0.25, 0.3) is 11.1 Å². The van der Waals surface area contributed by atoms with Gasteiger partial charge in [-0.1, -0.05) is 84.9 Å². The minimum absolute atomic E-state index is 0.0533. The summed E-state index contributed by atoms with van der Waals surface area (Å²) >= 11 is 3.37. The monoisotopic (exact) mass is 571 g/mol. The maximum Gasteiger partial charge on any atom is 0.407 e. The van der Waals surface area contributed by atoms with Crippen molar-refractivity contribution in [3.05, 3.63) is 123 Å². The molecule has 6 nitrogen and oxygen atoms in total. The highest BCUT2D eigenvalue weighted by Gasteiger charge is 2.30. The van der Waals surface area contributed by atoms with E-state index in [1.54, 1.807) is 12.1 Å². The first-order valence-corrected chi connectivity index (χ1v) is 13.1. The lowest BCUT2D eigenvalue weighted by Gasteiger charge is -2.18. The highest BCUT2D eigenvalue weighted by atomic mass is 79.9. The molecule has 7 heteroatoms. The first kappa shape index (κ1) is 25.5. The van der Waals surface area contributed by atoms with Crippen LogP contribution in [0.15, 0.2) is 95.5 Å². The Morgan fingerprint density at radius 2 is 1.47 bits per heavy atom. The number of amides is 1. The van der Waals surface area contributed by atoms with Crippen molar-refractivity contribution in [1.29, 1.82) is 0 Å². The lowest BCUT2D eigenvalue weighted by molar-refractivity contribution is -0.139. The van der Waals surface area contributed by atoms with E-state index in [9.17, 15) is 19.8 Å². The molecule has 1 unspecified atom stereocenters. The molecular weight excluding hydrogens is 546 g/mol. The average Bonchev–Trinajstić information content (AvgIpc) is 3.24. The summed E-state index contributed by atoms with van der Waals surface area (Å²) < 4.78 is 5.99. The molecule has 4 aromatic rings. The van der Waals surface area contributed by atoms with Crippen LogP contribution in [-0.4, -0.2) is 34.9 Å². The molecule has 0 heterocycles. The van der Waals surface area contributed by atoms with Crippen LogP contribution < -0.4 is 5.32 Å². The molecule has 1 amide bonds. The normalized spacial score (nSPS) is 12.9. The van der Waals surface area contributed by atoms with Crippen molar-refractivity contribution in [3.8, 4) is 16.9 Å². The van der Waals surface area contributed by atoms with Crippen molar-refractivity contribution in [3.63, 3.8) is 0 Å². The van der Waals surface area contributed by atoms with Gasteiger partial charge in [-0.3, -0.25) is 0 Å². The Bertz CT molecular complexity index is 1440. The zero-order valence-electron chi connectivity index (χ0n) is 20.4. The number of carboxylic acids is 1. The van der Waals surface area contributed by atoms with E-state index >= 15 is 0 Å². The van der Waals surface area contributed by atoms with Crippen LogP contribution in [0.4, 0.5) is 4.79 Å². The van der Waals surface area contributed by atoms with Crippen molar-refractivity contribution >= 4 is 28.0 Å². The Hall–Kier alpha value is -4.10. The highest BCUT2D eigenvalue weighted by Crippen LogP contribution is 2.44. The molecule has 0 saturated heterocycles. The quantitative estimate of drug-likeness (QED) is 0.231. The SMILES string of the molecule is O=C(NC(Cc1cc(Cc2ccccc2)cc(Br)c1O)C(=O)O)OCC1c2ccccc2-c2ccccc21. The highest BCUT2D eigenvalue weighted by molar-refractivity contribution is 9.10. The van der Waals surface area contributed by atoms with E-state index in [2.05, 4.69) is 21.2 Å². The van der Waals surface area contributed by atoms with E-state index in [1.165, 1.54) is 0 Å². The van der Waals surface area contributed by atoms with Gasteiger partial charge in [-0.2, -0.15) is 0 Å². The smallest absolute Gasteiger partial charge is 0.407 e. The summed E-state index contributed by atoms with van der Waals surface area (Å²) in [6, 6.07) is 28.1. The number of nitrogens with one attached hydrogen (secondary N) is 1. The van der Waals surface area contributed by atoms with Crippen LogP contribution in [0.5, 0.6) is 5.75 Å². The standard InChI is InChI=1S/C31H26BrNO5/c32-27-16-20(14-19-8-2-1-3-9-19)15-21(29(27)34)17-28(30(35)36)33-31(37)38-18-26-24-12-6-4-10-22(24)23-11-5-7-13-25(23)26/h1-13,15-16,26,28,34H,14,17-18H2,(H,33,37)(H,35,36). The van der Waals surface area contributed by atoms with Crippen LogP contribution in [0, 0.1) is 0 Å². The first-order chi connectivity index (χ1) is 18.4. The van der Waals surface area contributed by atoms with Gasteiger partial charge in [0.15, 0.2) is 0 Å². The van der Waals surface area contributed by atoms with Gasteiger partial charge in [-0.25, -0.2) is 9.59 Å². The van der Waals surface area contributed by atoms with Crippen LogP contribution in [0.3, 0.4) is 0 Å². The van der Waals surface area contributed by atoms with E-state index in [0.717, 1.165) is 33.4 Å². The molecule has 0 bridgehead atoms. The first-order valence-electron chi connectivity index (χ1n) is 12.3. The molecule has 0 saturated carbocycles. The minimum Gasteiger partial charge on any atom is -0.506 e. The van der Waals surface area contributed by atoms with E-state index in [4.69, 9.17) is 4.74 Å². The summed E-state index contributed by atoms with van der Waals surface area (Å²) in [5.41, 5.74) is 6.76. The van der Waals surface area contributed by atoms with Gasteiger partial charge < -0.3 is 20.3 Å². The van der Waals surface area contributed by atoms with Crippen molar-refractivity contribution in [2.75, 3.05) is 6.61 Å². The number of phenolic OH excluding ortho intramolecular Hbond substituents is 1. The fourth-order valence-electron chi connectivity index (χ4n) is 5.01. The Morgan fingerprint density at radius 3 is 2.11 bits per heavy atom. The Kier molecular flexibility index (Phi) is 7.47. The third kappa shape index (κ3) is 5.43. The summed E-state index contributed by atoms with van der Waals surface area (Å²) in [4.78, 5) is 24.8. The summed E-state index contributed by atoms with van der Waals surface area (Å²) in [6.07, 6.45) is -0.310. The molecule has 0 spiro atoms. The predicted molar refractivity (Wildman–Crippen MR) is 148 cm³/mol.